The Hall–Kier alpha value is -0.120. The van der Waals surface area contributed by atoms with Gasteiger partial charge in [-0.1, -0.05) is 6.92 Å². The number of hydrogen-bond donors (Lipinski definition) is 3. The monoisotopic (exact) mass is 160 g/mol. The molecular weight excluding hydrogens is 144 g/mol. The zero-order chi connectivity index (χ0) is 8.43. The minimum absolute atomic E-state index is 0.107. The molecule has 0 aromatic heterocycles. The van der Waals surface area contributed by atoms with Gasteiger partial charge in [0.2, 0.25) is 0 Å². The maximum atomic E-state index is 9.33. The number of aliphatic hydroxyl groups is 3. The first kappa shape index (κ1) is 8.97. The van der Waals surface area contributed by atoms with Crippen LogP contribution in [0.2, 0.25) is 0 Å². The predicted octanol–water partition coefficient (Wildman–Crippen LogP) is -0.253. The molecule has 66 valence electrons. The van der Waals surface area contributed by atoms with Gasteiger partial charge < -0.3 is 15.3 Å². The van der Waals surface area contributed by atoms with Crippen LogP contribution in [-0.2, 0) is 0 Å². The Bertz CT molecular complexity index is 115. The SMILES string of the molecule is CC1CC(CO)CC(O)C1O. The fourth-order valence-electron chi connectivity index (χ4n) is 1.77. The van der Waals surface area contributed by atoms with Crippen LogP contribution in [0.15, 0.2) is 0 Å². The second kappa shape index (κ2) is 3.52. The lowest BCUT2D eigenvalue weighted by Gasteiger charge is -2.34. The summed E-state index contributed by atoms with van der Waals surface area (Å²) in [5.74, 6) is 0.277. The van der Waals surface area contributed by atoms with Crippen molar-refractivity contribution < 1.29 is 15.3 Å². The number of hydrogen-bond acceptors (Lipinski definition) is 3. The van der Waals surface area contributed by atoms with Crippen LogP contribution in [0.25, 0.3) is 0 Å². The van der Waals surface area contributed by atoms with E-state index in [2.05, 4.69) is 0 Å². The topological polar surface area (TPSA) is 60.7 Å². The second-order valence-corrected chi connectivity index (χ2v) is 3.56. The molecule has 0 aromatic carbocycles. The van der Waals surface area contributed by atoms with Gasteiger partial charge in [0.1, 0.15) is 0 Å². The summed E-state index contributed by atoms with van der Waals surface area (Å²) in [6.45, 7) is 2.02. The van der Waals surface area contributed by atoms with Crippen molar-refractivity contribution in [3.63, 3.8) is 0 Å². The van der Waals surface area contributed by atoms with Crippen molar-refractivity contribution in [3.8, 4) is 0 Å². The first-order valence-corrected chi connectivity index (χ1v) is 4.12. The van der Waals surface area contributed by atoms with Crippen molar-refractivity contribution in [2.24, 2.45) is 11.8 Å². The molecule has 0 aromatic rings. The smallest absolute Gasteiger partial charge is 0.0824 e. The predicted molar refractivity (Wildman–Crippen MR) is 41.0 cm³/mol. The summed E-state index contributed by atoms with van der Waals surface area (Å²) in [6.07, 6.45) is 0.102. The minimum atomic E-state index is -0.643. The molecule has 3 heteroatoms. The summed E-state index contributed by atoms with van der Waals surface area (Å²) in [7, 11) is 0. The third-order valence-electron chi connectivity index (χ3n) is 2.52. The van der Waals surface area contributed by atoms with Crippen LogP contribution in [0.1, 0.15) is 19.8 Å². The van der Waals surface area contributed by atoms with Gasteiger partial charge in [-0.15, -0.1) is 0 Å². The van der Waals surface area contributed by atoms with E-state index >= 15 is 0 Å². The van der Waals surface area contributed by atoms with E-state index in [1.165, 1.54) is 0 Å². The average molecular weight is 160 g/mol. The van der Waals surface area contributed by atoms with E-state index < -0.39 is 12.2 Å². The molecular formula is C8H16O3. The van der Waals surface area contributed by atoms with Crippen LogP contribution < -0.4 is 0 Å². The molecule has 0 spiro atoms. The highest BCUT2D eigenvalue weighted by atomic mass is 16.3. The highest BCUT2D eigenvalue weighted by Crippen LogP contribution is 2.28. The van der Waals surface area contributed by atoms with E-state index in [0.29, 0.717) is 6.42 Å². The fourth-order valence-corrected chi connectivity index (χ4v) is 1.77. The molecule has 1 fully saturated rings. The average Bonchev–Trinajstić information content (AvgIpc) is 1.99. The molecule has 0 amide bonds. The van der Waals surface area contributed by atoms with Gasteiger partial charge in [-0.3, -0.25) is 0 Å². The van der Waals surface area contributed by atoms with Crippen molar-refractivity contribution in [1.29, 1.82) is 0 Å². The van der Waals surface area contributed by atoms with Crippen molar-refractivity contribution in [1.82, 2.24) is 0 Å². The Balaban J connectivity index is 2.47. The van der Waals surface area contributed by atoms with E-state index in [4.69, 9.17) is 5.11 Å². The molecule has 4 unspecified atom stereocenters. The van der Waals surface area contributed by atoms with Crippen molar-refractivity contribution >= 4 is 0 Å². The molecule has 11 heavy (non-hydrogen) atoms. The van der Waals surface area contributed by atoms with E-state index in [1.54, 1.807) is 0 Å². The standard InChI is InChI=1S/C8H16O3/c1-5-2-6(4-9)3-7(10)8(5)11/h5-11H,2-4H2,1H3. The highest BCUT2D eigenvalue weighted by Gasteiger charge is 2.32. The van der Waals surface area contributed by atoms with E-state index in [9.17, 15) is 10.2 Å². The van der Waals surface area contributed by atoms with Gasteiger partial charge in [0.25, 0.3) is 0 Å². The molecule has 0 saturated heterocycles. The molecule has 1 rings (SSSR count). The van der Waals surface area contributed by atoms with Crippen LogP contribution in [0, 0.1) is 11.8 Å². The van der Waals surface area contributed by atoms with Crippen molar-refractivity contribution in [2.75, 3.05) is 6.61 Å². The number of aliphatic hydroxyl groups excluding tert-OH is 3. The maximum absolute atomic E-state index is 9.33. The Morgan fingerprint density at radius 1 is 1.27 bits per heavy atom. The van der Waals surface area contributed by atoms with Crippen LogP contribution in [-0.4, -0.2) is 34.1 Å². The third-order valence-corrected chi connectivity index (χ3v) is 2.52. The van der Waals surface area contributed by atoms with E-state index in [0.717, 1.165) is 6.42 Å². The lowest BCUT2D eigenvalue weighted by atomic mass is 9.79. The molecule has 3 nitrogen and oxygen atoms in total. The van der Waals surface area contributed by atoms with Crippen LogP contribution in [0.3, 0.4) is 0 Å². The van der Waals surface area contributed by atoms with Crippen molar-refractivity contribution in [2.45, 2.75) is 32.0 Å². The largest absolute Gasteiger partial charge is 0.396 e. The van der Waals surface area contributed by atoms with Gasteiger partial charge in [-0.05, 0) is 24.7 Å². The lowest BCUT2D eigenvalue weighted by Crippen LogP contribution is -2.40. The normalized spacial score (nSPS) is 45.8. The molecule has 1 saturated carbocycles. The quantitative estimate of drug-likeness (QED) is 0.495. The summed E-state index contributed by atoms with van der Waals surface area (Å²) in [4.78, 5) is 0. The van der Waals surface area contributed by atoms with Crippen LogP contribution in [0.5, 0.6) is 0 Å². The first-order valence-electron chi connectivity index (χ1n) is 4.12. The maximum Gasteiger partial charge on any atom is 0.0824 e. The second-order valence-electron chi connectivity index (χ2n) is 3.56. The third kappa shape index (κ3) is 1.92. The van der Waals surface area contributed by atoms with Gasteiger partial charge in [-0.25, -0.2) is 0 Å². The molecule has 0 heterocycles. The van der Waals surface area contributed by atoms with Gasteiger partial charge in [0.05, 0.1) is 12.2 Å². The van der Waals surface area contributed by atoms with E-state index in [-0.39, 0.29) is 18.4 Å². The molecule has 0 aliphatic heterocycles. The summed E-state index contributed by atoms with van der Waals surface area (Å²) < 4.78 is 0. The van der Waals surface area contributed by atoms with Gasteiger partial charge >= 0.3 is 0 Å². The Morgan fingerprint density at radius 3 is 2.36 bits per heavy atom. The summed E-state index contributed by atoms with van der Waals surface area (Å²) in [6, 6.07) is 0. The molecule has 0 bridgehead atoms. The molecule has 1 aliphatic carbocycles. The van der Waals surface area contributed by atoms with Crippen LogP contribution in [0.4, 0.5) is 0 Å². The summed E-state index contributed by atoms with van der Waals surface area (Å²) >= 11 is 0. The molecule has 3 N–H and O–H groups in total. The zero-order valence-corrected chi connectivity index (χ0v) is 6.77. The molecule has 4 atom stereocenters. The Kier molecular flexibility index (Phi) is 2.87. The van der Waals surface area contributed by atoms with Gasteiger partial charge in [-0.2, -0.15) is 0 Å². The molecule has 0 radical (unpaired) electrons. The summed E-state index contributed by atoms with van der Waals surface area (Å²) in [5.41, 5.74) is 0. The van der Waals surface area contributed by atoms with E-state index in [1.807, 2.05) is 6.92 Å². The Morgan fingerprint density at radius 2 is 1.91 bits per heavy atom. The molecule has 1 aliphatic rings. The lowest BCUT2D eigenvalue weighted by molar-refractivity contribution is -0.0635. The summed E-state index contributed by atoms with van der Waals surface area (Å²) in [5, 5.41) is 27.4. The van der Waals surface area contributed by atoms with Gasteiger partial charge in [0, 0.05) is 6.61 Å². The minimum Gasteiger partial charge on any atom is -0.396 e. The van der Waals surface area contributed by atoms with Crippen molar-refractivity contribution in [3.05, 3.63) is 0 Å². The highest BCUT2D eigenvalue weighted by molar-refractivity contribution is 4.83. The zero-order valence-electron chi connectivity index (χ0n) is 6.77. The fraction of sp³-hybridized carbons (Fsp3) is 1.00. The Labute approximate surface area is 66.7 Å². The van der Waals surface area contributed by atoms with Crippen LogP contribution >= 0.6 is 0 Å². The number of rotatable bonds is 1. The first-order chi connectivity index (χ1) is 5.15. The van der Waals surface area contributed by atoms with Gasteiger partial charge in [0.15, 0.2) is 0 Å².